The Hall–Kier alpha value is -6.55. The van der Waals surface area contributed by atoms with E-state index in [4.69, 9.17) is 0 Å². The number of rotatable bonds is 4. The summed E-state index contributed by atoms with van der Waals surface area (Å²) in [5.74, 6) is 0. The van der Waals surface area contributed by atoms with Gasteiger partial charge in [0.1, 0.15) is 6.07 Å². The first-order valence-electron chi connectivity index (χ1n) is 19.5. The maximum absolute atomic E-state index is 11.1. The van der Waals surface area contributed by atoms with Gasteiger partial charge in [0.2, 0.25) is 13.4 Å². The number of anilines is 3. The molecule has 0 spiro atoms. The molecule has 0 radical (unpaired) electrons. The van der Waals surface area contributed by atoms with E-state index in [0.29, 0.717) is 11.1 Å². The number of nitrogens with zero attached hydrogens (tertiary/aromatic N) is 3. The van der Waals surface area contributed by atoms with Crippen molar-refractivity contribution in [3.63, 3.8) is 0 Å². The number of hydrogen-bond donors (Lipinski definition) is 0. The van der Waals surface area contributed by atoms with Crippen LogP contribution in [0.4, 0.5) is 17.1 Å². The number of aryl methyl sites for hydroxylation is 4. The highest BCUT2D eigenvalue weighted by molar-refractivity contribution is 7.12. The smallest absolute Gasteiger partial charge is 0.242 e. The van der Waals surface area contributed by atoms with E-state index in [-0.39, 0.29) is 18.8 Å². The van der Waals surface area contributed by atoms with E-state index in [1.807, 2.05) is 24.3 Å². The summed E-state index contributed by atoms with van der Waals surface area (Å²) in [5.41, 5.74) is 20.5. The van der Waals surface area contributed by atoms with E-state index >= 15 is 0 Å². The van der Waals surface area contributed by atoms with Gasteiger partial charge in [-0.05, 0) is 74.1 Å². The Kier molecular flexibility index (Phi) is 8.37. The summed E-state index contributed by atoms with van der Waals surface area (Å²) >= 11 is 0. The highest BCUT2D eigenvalue weighted by Crippen LogP contribution is 2.53. The van der Waals surface area contributed by atoms with Crippen molar-refractivity contribution in [3.05, 3.63) is 184 Å². The molecule has 0 fully saturated rings. The zero-order valence-electron chi connectivity index (χ0n) is 32.8. The molecule has 0 unspecified atom stereocenters. The lowest BCUT2D eigenvalue weighted by Crippen LogP contribution is -2.76. The van der Waals surface area contributed by atoms with Gasteiger partial charge in [-0.2, -0.15) is 10.5 Å². The van der Waals surface area contributed by atoms with E-state index in [9.17, 15) is 10.5 Å². The van der Waals surface area contributed by atoms with Crippen molar-refractivity contribution in [2.45, 2.75) is 47.0 Å². The summed E-state index contributed by atoms with van der Waals surface area (Å²) in [5, 5.41) is 22.0. The zero-order valence-corrected chi connectivity index (χ0v) is 32.8. The predicted molar refractivity (Wildman–Crippen MR) is 236 cm³/mol. The van der Waals surface area contributed by atoms with Crippen molar-refractivity contribution in [1.82, 2.24) is 0 Å². The quantitative estimate of drug-likeness (QED) is 0.175. The first-order chi connectivity index (χ1) is 27.2. The average molecular weight is 718 g/mol. The molecule has 5 heteroatoms. The van der Waals surface area contributed by atoms with Gasteiger partial charge < -0.3 is 4.90 Å². The minimum absolute atomic E-state index is 0.0414. The molecule has 3 nitrogen and oxygen atoms in total. The minimum atomic E-state index is -0.255. The fraction of sp³-hybridized carbons (Fsp3) is 0.137. The summed E-state index contributed by atoms with van der Waals surface area (Å²) in [4.78, 5) is 2.29. The lowest BCUT2D eigenvalue weighted by Gasteiger charge is -2.43. The summed E-state index contributed by atoms with van der Waals surface area (Å²) in [6.07, 6.45) is 0. The Balaban J connectivity index is 1.38. The van der Waals surface area contributed by atoms with Crippen molar-refractivity contribution in [2.75, 3.05) is 4.90 Å². The predicted octanol–water partition coefficient (Wildman–Crippen LogP) is 7.79. The van der Waals surface area contributed by atoms with Crippen LogP contribution >= 0.6 is 0 Å². The zero-order chi connectivity index (χ0) is 38.9. The molecule has 266 valence electrons. The third-order valence-electron chi connectivity index (χ3n) is 12.6. The van der Waals surface area contributed by atoms with Crippen LogP contribution in [0.2, 0.25) is 0 Å². The monoisotopic (exact) mass is 717 g/mol. The second-order valence-electron chi connectivity index (χ2n) is 16.0. The summed E-state index contributed by atoms with van der Waals surface area (Å²) in [7, 11) is 0. The molecule has 56 heavy (non-hydrogen) atoms. The van der Waals surface area contributed by atoms with Crippen molar-refractivity contribution in [3.8, 4) is 23.3 Å². The number of fused-ring (bicyclic) bond motifs is 4. The molecule has 0 atom stereocenters. The Morgan fingerprint density at radius 2 is 0.893 bits per heavy atom. The maximum atomic E-state index is 11.1. The molecule has 0 aliphatic carbocycles. The number of para-hydroxylation sites is 3. The first-order valence-corrected chi connectivity index (χ1v) is 19.5. The molecule has 2 heterocycles. The Morgan fingerprint density at radius 3 is 1.43 bits per heavy atom. The molecule has 0 amide bonds. The fourth-order valence-corrected chi connectivity index (χ4v) is 10.1. The van der Waals surface area contributed by atoms with Gasteiger partial charge in [-0.25, -0.2) is 0 Å². The lowest BCUT2D eigenvalue weighted by molar-refractivity contribution is 0.632. The topological polar surface area (TPSA) is 50.8 Å². The standard InChI is InChI=1S/C51H41B2N3/c1-32-16-11-17-33(2)46(32)53-47-34(3)18-12-26-42(47)52(43-27-13-19-35(4)48(43)53)49-36(30-54)20-14-22-38(49)39-23-15-21-37(31-55)50(39)56-44-28-9-7-24-40(44)51(5,6)41-25-8-10-29-45(41)56/h7-29H,1-6H3. The summed E-state index contributed by atoms with van der Waals surface area (Å²) in [6.45, 7) is 13.3. The van der Waals surface area contributed by atoms with E-state index in [1.54, 1.807) is 0 Å². The number of hydrogen-bond acceptors (Lipinski definition) is 3. The highest BCUT2D eigenvalue weighted by Gasteiger charge is 2.43. The van der Waals surface area contributed by atoms with Crippen molar-refractivity contribution in [1.29, 1.82) is 10.5 Å². The van der Waals surface area contributed by atoms with Gasteiger partial charge in [-0.1, -0.05) is 179 Å². The lowest BCUT2D eigenvalue weighted by atomic mass is 9.19. The molecule has 0 saturated carbocycles. The Labute approximate surface area is 331 Å². The average Bonchev–Trinajstić information content (AvgIpc) is 3.20. The maximum Gasteiger partial charge on any atom is 0.242 e. The van der Waals surface area contributed by atoms with Gasteiger partial charge in [0.15, 0.2) is 0 Å². The molecular formula is C51H41B2N3. The summed E-state index contributed by atoms with van der Waals surface area (Å²) < 4.78 is 0. The first kappa shape index (κ1) is 35.2. The van der Waals surface area contributed by atoms with Crippen LogP contribution in [0, 0.1) is 50.4 Å². The van der Waals surface area contributed by atoms with Crippen LogP contribution < -0.4 is 37.7 Å². The van der Waals surface area contributed by atoms with Crippen molar-refractivity contribution >= 4 is 63.3 Å². The Bertz CT molecular complexity index is 2710. The molecule has 2 aliphatic rings. The van der Waals surface area contributed by atoms with Gasteiger partial charge in [0.05, 0.1) is 28.7 Å². The van der Waals surface area contributed by atoms with E-state index in [1.165, 1.54) is 60.7 Å². The van der Waals surface area contributed by atoms with Crippen LogP contribution in [0.3, 0.4) is 0 Å². The SMILES string of the molecule is Cc1cccc(C)c1B1c2c(C)cccc2B(c2c(C#N)cccc2-c2cccc(C#N)c2N2c3ccccc3C(C)(C)c3ccccc32)c2cccc(C)c21. The number of benzene rings is 7. The number of nitriles is 2. The van der Waals surface area contributed by atoms with Crippen LogP contribution in [-0.2, 0) is 5.41 Å². The van der Waals surface area contributed by atoms with Crippen molar-refractivity contribution < 1.29 is 0 Å². The molecule has 0 N–H and O–H groups in total. The van der Waals surface area contributed by atoms with Crippen LogP contribution in [0.25, 0.3) is 11.1 Å². The molecular weight excluding hydrogens is 676 g/mol. The van der Waals surface area contributed by atoms with Gasteiger partial charge in [-0.15, -0.1) is 0 Å². The molecule has 2 aliphatic heterocycles. The van der Waals surface area contributed by atoms with Crippen LogP contribution in [0.15, 0.2) is 140 Å². The van der Waals surface area contributed by atoms with Gasteiger partial charge in [0, 0.05) is 16.5 Å². The fourth-order valence-electron chi connectivity index (χ4n) is 10.1. The van der Waals surface area contributed by atoms with Crippen molar-refractivity contribution in [2.24, 2.45) is 0 Å². The minimum Gasteiger partial charge on any atom is -0.308 e. The second kappa shape index (κ2) is 13.3. The van der Waals surface area contributed by atoms with E-state index < -0.39 is 0 Å². The second-order valence-corrected chi connectivity index (χ2v) is 16.0. The third-order valence-corrected chi connectivity index (χ3v) is 12.6. The highest BCUT2D eigenvalue weighted by atomic mass is 15.2. The van der Waals surface area contributed by atoms with Gasteiger partial charge >= 0.3 is 0 Å². The van der Waals surface area contributed by atoms with E-state index in [2.05, 4.69) is 174 Å². The molecule has 7 aromatic carbocycles. The summed E-state index contributed by atoms with van der Waals surface area (Å²) in [6, 6.07) is 54.5. The third kappa shape index (κ3) is 5.12. The molecule has 0 saturated heterocycles. The largest absolute Gasteiger partial charge is 0.308 e. The van der Waals surface area contributed by atoms with Crippen LogP contribution in [0.1, 0.15) is 58.4 Å². The molecule has 9 rings (SSSR count). The molecule has 0 bridgehead atoms. The van der Waals surface area contributed by atoms with Gasteiger partial charge in [0.25, 0.3) is 0 Å². The normalized spacial score (nSPS) is 13.5. The van der Waals surface area contributed by atoms with Gasteiger partial charge in [-0.3, -0.25) is 0 Å². The van der Waals surface area contributed by atoms with Crippen LogP contribution in [-0.4, -0.2) is 13.4 Å². The van der Waals surface area contributed by atoms with E-state index in [0.717, 1.165) is 33.7 Å². The Morgan fingerprint density at radius 1 is 0.446 bits per heavy atom. The molecule has 0 aromatic heterocycles. The molecule has 7 aromatic rings. The van der Waals surface area contributed by atoms with Crippen LogP contribution in [0.5, 0.6) is 0 Å².